The lowest BCUT2D eigenvalue weighted by Crippen LogP contribution is -2.44. The molecule has 5 nitrogen and oxygen atoms in total. The van der Waals surface area contributed by atoms with Crippen LogP contribution in [0, 0.1) is 5.92 Å². The van der Waals surface area contributed by atoms with E-state index in [1.54, 1.807) is 25.2 Å². The largest absolute Gasteiger partial charge is 0.481 e. The number of aryl methyl sites for hydroxylation is 1. The molecule has 2 amide bonds. The third kappa shape index (κ3) is 4.90. The molecule has 0 saturated heterocycles. The van der Waals surface area contributed by atoms with Crippen molar-refractivity contribution in [1.82, 2.24) is 10.6 Å². The summed E-state index contributed by atoms with van der Waals surface area (Å²) in [5.74, 6) is -1.53. The van der Waals surface area contributed by atoms with Crippen LogP contribution in [0.4, 0.5) is 4.79 Å². The number of carboxylic acids is 1. The molecule has 2 atom stereocenters. The lowest BCUT2D eigenvalue weighted by molar-refractivity contribution is -0.141. The maximum absolute atomic E-state index is 11.6. The maximum Gasteiger partial charge on any atom is 0.315 e. The van der Waals surface area contributed by atoms with Crippen LogP contribution in [0.2, 0.25) is 0 Å². The first-order valence-electron chi connectivity index (χ1n) is 6.28. The third-order valence-electron chi connectivity index (χ3n) is 2.99. The minimum absolute atomic E-state index is 0.341. The summed E-state index contributed by atoms with van der Waals surface area (Å²) in [5, 5.41) is 14.2. The van der Waals surface area contributed by atoms with E-state index in [2.05, 4.69) is 23.6 Å². The van der Waals surface area contributed by atoms with E-state index in [4.69, 9.17) is 5.11 Å². The molecule has 1 heterocycles. The molecule has 0 aromatic carbocycles. The Hall–Kier alpha value is -1.56. The van der Waals surface area contributed by atoms with Gasteiger partial charge < -0.3 is 15.7 Å². The Balaban J connectivity index is 2.37. The van der Waals surface area contributed by atoms with Gasteiger partial charge in [0, 0.05) is 15.8 Å². The summed E-state index contributed by atoms with van der Waals surface area (Å²) >= 11 is 1.67. The Morgan fingerprint density at radius 3 is 2.47 bits per heavy atom. The van der Waals surface area contributed by atoms with Gasteiger partial charge >= 0.3 is 12.0 Å². The summed E-state index contributed by atoms with van der Waals surface area (Å²) in [4.78, 5) is 24.8. The highest BCUT2D eigenvalue weighted by atomic mass is 32.1. The van der Waals surface area contributed by atoms with E-state index >= 15 is 0 Å². The summed E-state index contributed by atoms with van der Waals surface area (Å²) in [5.41, 5.74) is 0. The average molecular weight is 284 g/mol. The van der Waals surface area contributed by atoms with Gasteiger partial charge in [0.2, 0.25) is 0 Å². The van der Waals surface area contributed by atoms with Crippen molar-refractivity contribution >= 4 is 23.3 Å². The van der Waals surface area contributed by atoms with Gasteiger partial charge in [-0.15, -0.1) is 11.3 Å². The normalized spacial score (nSPS) is 13.6. The molecule has 19 heavy (non-hydrogen) atoms. The van der Waals surface area contributed by atoms with E-state index in [9.17, 15) is 9.59 Å². The van der Waals surface area contributed by atoms with Crippen LogP contribution in [-0.4, -0.2) is 23.1 Å². The third-order valence-corrected chi connectivity index (χ3v) is 4.22. The molecule has 6 heteroatoms. The Labute approximate surface area is 117 Å². The Morgan fingerprint density at radius 2 is 1.95 bits per heavy atom. The van der Waals surface area contributed by atoms with Gasteiger partial charge in [0.1, 0.15) is 0 Å². The number of carboxylic acid groups (broad SMARTS) is 1. The van der Waals surface area contributed by atoms with Gasteiger partial charge in [-0.1, -0.05) is 6.92 Å². The molecule has 0 fully saturated rings. The van der Waals surface area contributed by atoms with Crippen molar-refractivity contribution in [2.45, 2.75) is 39.8 Å². The molecule has 2 unspecified atom stereocenters. The number of aliphatic carboxylic acids is 1. The Bertz CT molecular complexity index is 445. The van der Waals surface area contributed by atoms with E-state index in [1.807, 2.05) is 6.07 Å². The van der Waals surface area contributed by atoms with Crippen molar-refractivity contribution in [3.63, 3.8) is 0 Å². The maximum atomic E-state index is 11.6. The summed E-state index contributed by atoms with van der Waals surface area (Å²) in [7, 11) is 0. The predicted molar refractivity (Wildman–Crippen MR) is 75.3 cm³/mol. The van der Waals surface area contributed by atoms with Gasteiger partial charge in [-0.2, -0.15) is 0 Å². The van der Waals surface area contributed by atoms with Gasteiger partial charge in [-0.3, -0.25) is 4.79 Å². The number of hydrogen-bond donors (Lipinski definition) is 3. The van der Waals surface area contributed by atoms with Crippen LogP contribution in [0.25, 0.3) is 0 Å². The number of amides is 2. The van der Waals surface area contributed by atoms with E-state index in [0.29, 0.717) is 6.54 Å². The van der Waals surface area contributed by atoms with Gasteiger partial charge in [0.25, 0.3) is 0 Å². The molecule has 0 saturated carbocycles. The van der Waals surface area contributed by atoms with Crippen LogP contribution in [0.5, 0.6) is 0 Å². The highest BCUT2D eigenvalue weighted by Gasteiger charge is 2.20. The first-order valence-corrected chi connectivity index (χ1v) is 7.10. The fraction of sp³-hybridized carbons (Fsp3) is 0.538. The van der Waals surface area contributed by atoms with Crippen LogP contribution >= 0.6 is 11.3 Å². The van der Waals surface area contributed by atoms with E-state index in [-0.39, 0.29) is 6.03 Å². The molecule has 106 valence electrons. The summed E-state index contributed by atoms with van der Waals surface area (Å²) in [6.07, 6.45) is 0.990. The van der Waals surface area contributed by atoms with Crippen LogP contribution < -0.4 is 10.6 Å². The number of rotatable bonds is 6. The smallest absolute Gasteiger partial charge is 0.315 e. The predicted octanol–water partition coefficient (Wildman–Crippen LogP) is 2.22. The Kier molecular flexibility index (Phi) is 5.82. The molecule has 0 spiro atoms. The minimum Gasteiger partial charge on any atom is -0.481 e. The number of thiophene rings is 1. The topological polar surface area (TPSA) is 78.4 Å². The van der Waals surface area contributed by atoms with Crippen molar-refractivity contribution in [2.24, 2.45) is 5.92 Å². The molecule has 0 aliphatic heterocycles. The van der Waals surface area contributed by atoms with Crippen molar-refractivity contribution in [3.05, 3.63) is 21.9 Å². The van der Waals surface area contributed by atoms with Crippen LogP contribution in [0.1, 0.15) is 30.5 Å². The molecule has 0 aliphatic carbocycles. The number of carbonyl (C=O) groups excluding carboxylic acids is 1. The first-order chi connectivity index (χ1) is 8.93. The molecule has 1 aromatic rings. The summed E-state index contributed by atoms with van der Waals surface area (Å²) in [6, 6.07) is 3.29. The summed E-state index contributed by atoms with van der Waals surface area (Å²) in [6.45, 7) is 5.80. The zero-order valence-electron chi connectivity index (χ0n) is 11.4. The van der Waals surface area contributed by atoms with Crippen molar-refractivity contribution in [3.8, 4) is 0 Å². The SMILES string of the molecule is CCc1ccc(CNC(=O)NC(C)C(C)C(=O)O)s1. The second-order valence-corrected chi connectivity index (χ2v) is 5.72. The van der Waals surface area contributed by atoms with Gasteiger partial charge in [0.05, 0.1) is 12.5 Å². The summed E-state index contributed by atoms with van der Waals surface area (Å²) < 4.78 is 0. The quantitative estimate of drug-likeness (QED) is 0.749. The van der Waals surface area contributed by atoms with Gasteiger partial charge in [0.15, 0.2) is 0 Å². The van der Waals surface area contributed by atoms with Crippen LogP contribution in [-0.2, 0) is 17.8 Å². The van der Waals surface area contributed by atoms with E-state index in [0.717, 1.165) is 11.3 Å². The van der Waals surface area contributed by atoms with E-state index < -0.39 is 17.9 Å². The van der Waals surface area contributed by atoms with Crippen molar-refractivity contribution in [1.29, 1.82) is 0 Å². The number of nitrogens with one attached hydrogen (secondary N) is 2. The van der Waals surface area contributed by atoms with Crippen LogP contribution in [0.3, 0.4) is 0 Å². The Morgan fingerprint density at radius 1 is 1.32 bits per heavy atom. The number of urea groups is 1. The highest BCUT2D eigenvalue weighted by molar-refractivity contribution is 7.11. The zero-order valence-corrected chi connectivity index (χ0v) is 12.2. The fourth-order valence-corrected chi connectivity index (χ4v) is 2.37. The monoisotopic (exact) mass is 284 g/mol. The second kappa shape index (κ2) is 7.13. The second-order valence-electron chi connectivity index (χ2n) is 4.46. The van der Waals surface area contributed by atoms with Crippen molar-refractivity contribution < 1.29 is 14.7 Å². The molecule has 3 N–H and O–H groups in total. The van der Waals surface area contributed by atoms with Crippen LogP contribution in [0.15, 0.2) is 12.1 Å². The minimum atomic E-state index is -0.918. The molecular weight excluding hydrogens is 264 g/mol. The van der Waals surface area contributed by atoms with Gasteiger partial charge in [-0.25, -0.2) is 4.79 Å². The molecular formula is C13H20N2O3S. The number of hydrogen-bond acceptors (Lipinski definition) is 3. The van der Waals surface area contributed by atoms with Gasteiger partial charge in [-0.05, 0) is 32.4 Å². The first kappa shape index (κ1) is 15.5. The molecule has 0 bridgehead atoms. The lowest BCUT2D eigenvalue weighted by Gasteiger charge is -2.17. The van der Waals surface area contributed by atoms with Crippen molar-refractivity contribution in [2.75, 3.05) is 0 Å². The molecule has 1 rings (SSSR count). The highest BCUT2D eigenvalue weighted by Crippen LogP contribution is 2.16. The average Bonchev–Trinajstić information content (AvgIpc) is 2.83. The van der Waals surface area contributed by atoms with E-state index in [1.165, 1.54) is 4.88 Å². The number of carbonyl (C=O) groups is 2. The zero-order chi connectivity index (χ0) is 14.4. The lowest BCUT2D eigenvalue weighted by atomic mass is 10.0. The molecule has 1 aromatic heterocycles. The molecule has 0 radical (unpaired) electrons. The fourth-order valence-electron chi connectivity index (χ4n) is 1.47. The molecule has 0 aliphatic rings. The standard InChI is InChI=1S/C13H20N2O3S/c1-4-10-5-6-11(19-10)7-14-13(18)15-9(3)8(2)12(16)17/h5-6,8-9H,4,7H2,1-3H3,(H,16,17)(H2,14,15,18).